The van der Waals surface area contributed by atoms with Crippen LogP contribution in [0.2, 0.25) is 5.02 Å². The van der Waals surface area contributed by atoms with Gasteiger partial charge in [-0.2, -0.15) is 5.26 Å². The van der Waals surface area contributed by atoms with E-state index in [0.717, 1.165) is 11.1 Å². The minimum Gasteiger partial charge on any atom is -0.490 e. The van der Waals surface area contributed by atoms with E-state index in [9.17, 15) is 10.1 Å². The van der Waals surface area contributed by atoms with Crippen LogP contribution in [0.5, 0.6) is 11.5 Å². The fourth-order valence-electron chi connectivity index (χ4n) is 2.96. The fourth-order valence-corrected chi connectivity index (χ4v) is 3.15. The number of carbonyl (C=O) groups is 1. The quantitative estimate of drug-likeness (QED) is 0.346. The Balaban J connectivity index is 1.73. The Bertz CT molecular complexity index is 1140. The van der Waals surface area contributed by atoms with Gasteiger partial charge in [-0.1, -0.05) is 66.2 Å². The van der Waals surface area contributed by atoms with Crippen molar-refractivity contribution in [3.8, 4) is 17.6 Å². The monoisotopic (exact) mass is 446 g/mol. The summed E-state index contributed by atoms with van der Waals surface area (Å²) in [7, 11) is 0. The second-order valence-corrected chi connectivity index (χ2v) is 7.26. The Morgan fingerprint density at radius 1 is 1.03 bits per heavy atom. The summed E-state index contributed by atoms with van der Waals surface area (Å²) in [6, 6.07) is 24.2. The number of halogens is 1. The molecule has 3 rings (SSSR count). The molecule has 0 aliphatic rings. The van der Waals surface area contributed by atoms with Gasteiger partial charge in [0.15, 0.2) is 11.5 Å². The highest BCUT2D eigenvalue weighted by Gasteiger charge is 2.11. The molecule has 1 N–H and O–H groups in total. The number of nitrogens with one attached hydrogen (secondary N) is 1. The molecular formula is C26H23ClN2O3. The first-order valence-corrected chi connectivity index (χ1v) is 10.6. The number of carbonyl (C=O) groups excluding carboxylic acids is 1. The number of ether oxygens (including phenoxy) is 2. The van der Waals surface area contributed by atoms with E-state index in [1.807, 2.05) is 67.6 Å². The predicted octanol–water partition coefficient (Wildman–Crippen LogP) is 5.54. The van der Waals surface area contributed by atoms with Crippen LogP contribution in [-0.4, -0.2) is 12.5 Å². The Morgan fingerprint density at radius 3 is 2.50 bits per heavy atom. The maximum absolute atomic E-state index is 12.5. The molecule has 0 atom stereocenters. The van der Waals surface area contributed by atoms with Crippen molar-refractivity contribution in [1.29, 1.82) is 5.26 Å². The standard InChI is InChI=1S/C26H23ClN2O3/c1-2-31-25-15-20(12-13-24(25)32-18-21-10-6-7-11-23(21)27)14-22(16-28)26(30)29-17-19-8-4-3-5-9-19/h3-15H,2,17-18H2,1H3,(H,29,30)/b22-14+. The van der Waals surface area contributed by atoms with Gasteiger partial charge in [-0.05, 0) is 42.3 Å². The van der Waals surface area contributed by atoms with E-state index in [1.165, 1.54) is 6.08 Å². The normalized spacial score (nSPS) is 10.8. The molecule has 5 nitrogen and oxygen atoms in total. The van der Waals surface area contributed by atoms with Crippen molar-refractivity contribution >= 4 is 23.6 Å². The first kappa shape index (κ1) is 22.9. The van der Waals surface area contributed by atoms with Crippen LogP contribution in [0.3, 0.4) is 0 Å². The molecule has 0 unspecified atom stereocenters. The van der Waals surface area contributed by atoms with E-state index < -0.39 is 5.91 Å². The Labute approximate surface area is 192 Å². The average Bonchev–Trinajstić information content (AvgIpc) is 2.82. The van der Waals surface area contributed by atoms with E-state index in [1.54, 1.807) is 18.2 Å². The van der Waals surface area contributed by atoms with E-state index in [-0.39, 0.29) is 5.57 Å². The van der Waals surface area contributed by atoms with Gasteiger partial charge in [0.1, 0.15) is 18.2 Å². The summed E-state index contributed by atoms with van der Waals surface area (Å²) >= 11 is 6.20. The van der Waals surface area contributed by atoms with Gasteiger partial charge < -0.3 is 14.8 Å². The van der Waals surface area contributed by atoms with Crippen molar-refractivity contribution in [2.45, 2.75) is 20.1 Å². The zero-order valence-corrected chi connectivity index (χ0v) is 18.4. The molecule has 1 amide bonds. The lowest BCUT2D eigenvalue weighted by atomic mass is 10.1. The van der Waals surface area contributed by atoms with Crippen molar-refractivity contribution in [3.63, 3.8) is 0 Å². The summed E-state index contributed by atoms with van der Waals surface area (Å²) in [5.74, 6) is 0.639. The van der Waals surface area contributed by atoms with Crippen molar-refractivity contribution in [2.24, 2.45) is 0 Å². The summed E-state index contributed by atoms with van der Waals surface area (Å²) in [6.45, 7) is 2.95. The fraction of sp³-hybridized carbons (Fsp3) is 0.154. The molecular weight excluding hydrogens is 424 g/mol. The minimum absolute atomic E-state index is 0.00751. The number of hydrogen-bond donors (Lipinski definition) is 1. The number of nitriles is 1. The van der Waals surface area contributed by atoms with Crippen LogP contribution in [0.4, 0.5) is 0 Å². The molecule has 0 radical (unpaired) electrons. The first-order valence-electron chi connectivity index (χ1n) is 10.2. The molecule has 0 aromatic heterocycles. The van der Waals surface area contributed by atoms with Gasteiger partial charge in [-0.3, -0.25) is 4.79 Å². The molecule has 0 spiro atoms. The molecule has 162 valence electrons. The lowest BCUT2D eigenvalue weighted by Crippen LogP contribution is -2.23. The largest absolute Gasteiger partial charge is 0.490 e. The second-order valence-electron chi connectivity index (χ2n) is 6.86. The van der Waals surface area contributed by atoms with E-state index in [2.05, 4.69) is 5.32 Å². The lowest BCUT2D eigenvalue weighted by molar-refractivity contribution is -0.117. The van der Waals surface area contributed by atoms with Crippen LogP contribution < -0.4 is 14.8 Å². The summed E-state index contributed by atoms with van der Waals surface area (Å²) in [5.41, 5.74) is 2.48. The van der Waals surface area contributed by atoms with Crippen molar-refractivity contribution in [1.82, 2.24) is 5.32 Å². The molecule has 0 bridgehead atoms. The third kappa shape index (κ3) is 6.37. The molecule has 0 saturated carbocycles. The SMILES string of the molecule is CCOc1cc(/C=C(\C#N)C(=O)NCc2ccccc2)ccc1OCc1ccccc1Cl. The molecule has 0 fully saturated rings. The highest BCUT2D eigenvalue weighted by atomic mass is 35.5. The van der Waals surface area contributed by atoms with Gasteiger partial charge in [-0.25, -0.2) is 0 Å². The van der Waals surface area contributed by atoms with Crippen molar-refractivity contribution in [2.75, 3.05) is 6.61 Å². The molecule has 0 aliphatic carbocycles. The second kappa shape index (κ2) is 11.6. The summed E-state index contributed by atoms with van der Waals surface area (Å²) in [5, 5.41) is 12.9. The highest BCUT2D eigenvalue weighted by molar-refractivity contribution is 6.31. The molecule has 3 aromatic rings. The first-order chi connectivity index (χ1) is 15.6. The van der Waals surface area contributed by atoms with Crippen LogP contribution in [0.15, 0.2) is 78.4 Å². The van der Waals surface area contributed by atoms with Crippen LogP contribution in [0.25, 0.3) is 6.08 Å². The third-order valence-corrected chi connectivity index (χ3v) is 4.95. The Hall–Kier alpha value is -3.75. The minimum atomic E-state index is -0.437. The zero-order chi connectivity index (χ0) is 22.8. The summed E-state index contributed by atoms with van der Waals surface area (Å²) < 4.78 is 11.6. The van der Waals surface area contributed by atoms with Crippen molar-refractivity contribution in [3.05, 3.63) is 100 Å². The maximum atomic E-state index is 12.5. The van der Waals surface area contributed by atoms with E-state index >= 15 is 0 Å². The van der Waals surface area contributed by atoms with Gasteiger partial charge >= 0.3 is 0 Å². The molecule has 0 aliphatic heterocycles. The molecule has 3 aromatic carbocycles. The number of nitrogens with zero attached hydrogens (tertiary/aromatic N) is 1. The lowest BCUT2D eigenvalue weighted by Gasteiger charge is -2.13. The number of rotatable bonds is 9. The number of hydrogen-bond acceptors (Lipinski definition) is 4. The third-order valence-electron chi connectivity index (χ3n) is 4.58. The van der Waals surface area contributed by atoms with E-state index in [4.69, 9.17) is 21.1 Å². The van der Waals surface area contributed by atoms with Crippen LogP contribution >= 0.6 is 11.6 Å². The number of amides is 1. The van der Waals surface area contributed by atoms with Crippen LogP contribution in [0, 0.1) is 11.3 Å². The van der Waals surface area contributed by atoms with Gasteiger partial charge in [0.05, 0.1) is 6.61 Å². The molecule has 0 heterocycles. The van der Waals surface area contributed by atoms with Crippen LogP contribution in [0.1, 0.15) is 23.6 Å². The van der Waals surface area contributed by atoms with Gasteiger partial charge in [0.25, 0.3) is 5.91 Å². The number of benzene rings is 3. The van der Waals surface area contributed by atoms with Gasteiger partial charge in [0.2, 0.25) is 0 Å². The smallest absolute Gasteiger partial charge is 0.262 e. The van der Waals surface area contributed by atoms with E-state index in [0.29, 0.717) is 41.8 Å². The molecule has 6 heteroatoms. The van der Waals surface area contributed by atoms with Crippen LogP contribution in [-0.2, 0) is 17.9 Å². The summed E-state index contributed by atoms with van der Waals surface area (Å²) in [6.07, 6.45) is 1.53. The molecule has 32 heavy (non-hydrogen) atoms. The Kier molecular flexibility index (Phi) is 8.30. The highest BCUT2D eigenvalue weighted by Crippen LogP contribution is 2.30. The predicted molar refractivity (Wildman–Crippen MR) is 125 cm³/mol. The van der Waals surface area contributed by atoms with Crippen molar-refractivity contribution < 1.29 is 14.3 Å². The average molecular weight is 447 g/mol. The topological polar surface area (TPSA) is 71.3 Å². The zero-order valence-electron chi connectivity index (χ0n) is 17.7. The maximum Gasteiger partial charge on any atom is 0.262 e. The molecule has 0 saturated heterocycles. The Morgan fingerprint density at radius 2 is 1.78 bits per heavy atom. The van der Waals surface area contributed by atoms with Gasteiger partial charge in [0, 0.05) is 17.1 Å². The summed E-state index contributed by atoms with van der Waals surface area (Å²) in [4.78, 5) is 12.5. The van der Waals surface area contributed by atoms with Gasteiger partial charge in [-0.15, -0.1) is 0 Å².